The van der Waals surface area contributed by atoms with Gasteiger partial charge in [0, 0.05) is 46.6 Å². The van der Waals surface area contributed by atoms with Crippen molar-refractivity contribution in [3.63, 3.8) is 0 Å². The largest absolute Gasteiger partial charge is 0.456 e. The molecule has 0 N–H and O–H groups in total. The van der Waals surface area contributed by atoms with E-state index in [1.807, 2.05) is 42.5 Å². The highest BCUT2D eigenvalue weighted by Gasteiger charge is 2.53. The van der Waals surface area contributed by atoms with Gasteiger partial charge in [0.1, 0.15) is 11.5 Å². The lowest BCUT2D eigenvalue weighted by Crippen LogP contribution is -2.33. The lowest BCUT2D eigenvalue weighted by Gasteiger charge is -2.37. The van der Waals surface area contributed by atoms with Crippen molar-refractivity contribution >= 4 is 23.3 Å². The van der Waals surface area contributed by atoms with E-state index in [2.05, 4.69) is 17.0 Å². The molecule has 3 aliphatic rings. The fourth-order valence-corrected chi connectivity index (χ4v) is 5.15. The molecular formula is C25H20ClNO3. The van der Waals surface area contributed by atoms with Crippen LogP contribution in [0.4, 0.5) is 5.69 Å². The maximum atomic E-state index is 12.8. The van der Waals surface area contributed by atoms with Gasteiger partial charge in [-0.15, -0.1) is 0 Å². The number of piperidine rings is 1. The van der Waals surface area contributed by atoms with Crippen molar-refractivity contribution in [1.82, 2.24) is 0 Å². The maximum absolute atomic E-state index is 12.8. The minimum Gasteiger partial charge on any atom is -0.456 e. The molecule has 0 saturated carbocycles. The molecule has 1 atom stereocenters. The molecule has 5 heteroatoms. The van der Waals surface area contributed by atoms with E-state index in [1.165, 1.54) is 19.3 Å². The number of carbonyl (C=O) groups excluding carboxylic acids is 1. The summed E-state index contributed by atoms with van der Waals surface area (Å²) in [6, 6.07) is 19.3. The van der Waals surface area contributed by atoms with Gasteiger partial charge in [-0.25, -0.2) is 4.79 Å². The van der Waals surface area contributed by atoms with Gasteiger partial charge in [0.2, 0.25) is 0 Å². The summed E-state index contributed by atoms with van der Waals surface area (Å²) in [5.41, 5.74) is 3.17. The zero-order valence-corrected chi connectivity index (χ0v) is 17.1. The van der Waals surface area contributed by atoms with E-state index < -0.39 is 5.60 Å². The molecule has 4 nitrogen and oxygen atoms in total. The van der Waals surface area contributed by atoms with Crippen LogP contribution in [-0.4, -0.2) is 19.1 Å². The Morgan fingerprint density at radius 2 is 1.57 bits per heavy atom. The summed E-state index contributed by atoms with van der Waals surface area (Å²) in [6.45, 7) is 2.09. The molecule has 3 aliphatic heterocycles. The normalized spacial score (nSPS) is 21.5. The van der Waals surface area contributed by atoms with Gasteiger partial charge >= 0.3 is 5.97 Å². The predicted molar refractivity (Wildman–Crippen MR) is 116 cm³/mol. The van der Waals surface area contributed by atoms with Gasteiger partial charge in [0.15, 0.2) is 5.60 Å². The number of anilines is 1. The fraction of sp³-hybridized carbons (Fsp3) is 0.240. The molecule has 0 aliphatic carbocycles. The molecule has 1 fully saturated rings. The van der Waals surface area contributed by atoms with E-state index in [1.54, 1.807) is 6.07 Å². The van der Waals surface area contributed by atoms with Crippen LogP contribution in [0.2, 0.25) is 5.02 Å². The number of carbonyl (C=O) groups is 1. The Labute approximate surface area is 180 Å². The predicted octanol–water partition coefficient (Wildman–Crippen LogP) is 5.90. The number of halogens is 1. The third-order valence-electron chi connectivity index (χ3n) is 6.38. The Balaban J connectivity index is 1.59. The number of ether oxygens (including phenoxy) is 2. The van der Waals surface area contributed by atoms with E-state index in [0.717, 1.165) is 35.5 Å². The first-order valence-corrected chi connectivity index (χ1v) is 10.7. The van der Waals surface area contributed by atoms with Gasteiger partial charge in [0.25, 0.3) is 0 Å². The van der Waals surface area contributed by atoms with Crippen molar-refractivity contribution in [2.75, 3.05) is 18.0 Å². The molecule has 3 aromatic rings. The van der Waals surface area contributed by atoms with Crippen LogP contribution < -0.4 is 9.64 Å². The van der Waals surface area contributed by atoms with E-state index in [9.17, 15) is 4.79 Å². The summed E-state index contributed by atoms with van der Waals surface area (Å²) >= 11 is 6.28. The van der Waals surface area contributed by atoms with Crippen LogP contribution in [0.3, 0.4) is 0 Å². The van der Waals surface area contributed by atoms with Crippen LogP contribution in [0.15, 0.2) is 60.7 Å². The monoisotopic (exact) mass is 417 g/mol. The molecule has 0 amide bonds. The van der Waals surface area contributed by atoms with Gasteiger partial charge in [-0.3, -0.25) is 0 Å². The Morgan fingerprint density at radius 1 is 0.833 bits per heavy atom. The standard InChI is InChI=1S/C25H20ClNO3/c26-16-8-10-20-22(14-16)29-23-15-17(27-12-4-1-5-13-27)9-11-21(23)25(20)19-7-3-2-6-18(19)24(28)30-25/h2-3,6-11,14-15H,1,4-5,12-13H2. The van der Waals surface area contributed by atoms with E-state index in [4.69, 9.17) is 21.1 Å². The molecular weight excluding hydrogens is 398 g/mol. The first kappa shape index (κ1) is 17.8. The Morgan fingerprint density at radius 3 is 2.40 bits per heavy atom. The molecule has 0 aromatic heterocycles. The van der Waals surface area contributed by atoms with Gasteiger partial charge in [-0.05, 0) is 55.7 Å². The van der Waals surface area contributed by atoms with Gasteiger partial charge in [-0.1, -0.05) is 29.8 Å². The summed E-state index contributed by atoms with van der Waals surface area (Å²) < 4.78 is 12.5. The Hall–Kier alpha value is -2.98. The summed E-state index contributed by atoms with van der Waals surface area (Å²) in [4.78, 5) is 15.2. The molecule has 1 unspecified atom stereocenters. The minimum atomic E-state index is -1.03. The van der Waals surface area contributed by atoms with Crippen molar-refractivity contribution in [2.24, 2.45) is 0 Å². The first-order chi connectivity index (χ1) is 14.7. The smallest absolute Gasteiger partial charge is 0.340 e. The number of rotatable bonds is 1. The zero-order chi connectivity index (χ0) is 20.3. The van der Waals surface area contributed by atoms with Crippen molar-refractivity contribution in [1.29, 1.82) is 0 Å². The molecule has 3 heterocycles. The average molecular weight is 418 g/mol. The molecule has 0 bridgehead atoms. The second kappa shape index (κ2) is 6.51. The molecule has 30 heavy (non-hydrogen) atoms. The van der Waals surface area contributed by atoms with Gasteiger partial charge in [0.05, 0.1) is 5.56 Å². The number of fused-ring (bicyclic) bond motifs is 6. The summed E-state index contributed by atoms with van der Waals surface area (Å²) in [7, 11) is 0. The van der Waals surface area contributed by atoms with Crippen LogP contribution in [-0.2, 0) is 10.3 Å². The molecule has 6 rings (SSSR count). The van der Waals surface area contributed by atoms with Crippen molar-refractivity contribution < 1.29 is 14.3 Å². The third kappa shape index (κ3) is 2.43. The zero-order valence-electron chi connectivity index (χ0n) is 16.4. The van der Waals surface area contributed by atoms with E-state index in [0.29, 0.717) is 22.1 Å². The molecule has 0 radical (unpaired) electrons. The summed E-state index contributed by atoms with van der Waals surface area (Å²) in [6.07, 6.45) is 3.68. The van der Waals surface area contributed by atoms with E-state index >= 15 is 0 Å². The van der Waals surface area contributed by atoms with Crippen molar-refractivity contribution in [3.8, 4) is 11.5 Å². The number of esters is 1. The van der Waals surface area contributed by atoms with Gasteiger partial charge < -0.3 is 14.4 Å². The van der Waals surface area contributed by atoms with Crippen LogP contribution in [0.25, 0.3) is 0 Å². The third-order valence-corrected chi connectivity index (χ3v) is 6.62. The van der Waals surface area contributed by atoms with Crippen LogP contribution in [0.1, 0.15) is 46.3 Å². The quantitative estimate of drug-likeness (QED) is 0.462. The average Bonchev–Trinajstić information content (AvgIpc) is 3.07. The van der Waals surface area contributed by atoms with Crippen LogP contribution >= 0.6 is 11.6 Å². The van der Waals surface area contributed by atoms with Crippen LogP contribution in [0.5, 0.6) is 11.5 Å². The lowest BCUT2D eigenvalue weighted by molar-refractivity contribution is 0.0224. The van der Waals surface area contributed by atoms with Crippen LogP contribution in [0, 0.1) is 0 Å². The molecule has 3 aromatic carbocycles. The van der Waals surface area contributed by atoms with Gasteiger partial charge in [-0.2, -0.15) is 0 Å². The fourth-order valence-electron chi connectivity index (χ4n) is 4.99. The Kier molecular flexibility index (Phi) is 3.87. The molecule has 1 spiro atoms. The number of benzene rings is 3. The second-order valence-electron chi connectivity index (χ2n) is 8.09. The minimum absolute atomic E-state index is 0.320. The highest BCUT2D eigenvalue weighted by atomic mass is 35.5. The molecule has 150 valence electrons. The highest BCUT2D eigenvalue weighted by Crippen LogP contribution is 2.56. The van der Waals surface area contributed by atoms with Crippen molar-refractivity contribution in [3.05, 3.63) is 87.9 Å². The SMILES string of the molecule is O=C1OC2(c3ccc(Cl)cc3Oc3cc(N4CCCCC4)ccc32)c2ccccc21. The number of hydrogen-bond donors (Lipinski definition) is 0. The maximum Gasteiger partial charge on any atom is 0.340 e. The lowest BCUT2D eigenvalue weighted by atomic mass is 9.77. The number of hydrogen-bond acceptors (Lipinski definition) is 4. The summed E-state index contributed by atoms with van der Waals surface area (Å²) in [5.74, 6) is 1.01. The van der Waals surface area contributed by atoms with E-state index in [-0.39, 0.29) is 5.97 Å². The second-order valence-corrected chi connectivity index (χ2v) is 8.52. The van der Waals surface area contributed by atoms with Crippen molar-refractivity contribution in [2.45, 2.75) is 24.9 Å². The first-order valence-electron chi connectivity index (χ1n) is 10.4. The highest BCUT2D eigenvalue weighted by molar-refractivity contribution is 6.30. The molecule has 1 saturated heterocycles. The Bertz CT molecular complexity index is 1180. The number of nitrogens with zero attached hydrogens (tertiary/aromatic N) is 1. The summed E-state index contributed by atoms with van der Waals surface area (Å²) in [5, 5.41) is 0.581. The topological polar surface area (TPSA) is 38.8 Å².